The molecule has 19 heavy (non-hydrogen) atoms. The van der Waals surface area contributed by atoms with Crippen molar-refractivity contribution in [1.29, 1.82) is 0 Å². The number of pyridine rings is 1. The van der Waals surface area contributed by atoms with Crippen LogP contribution in [0.4, 0.5) is 4.39 Å². The molecule has 98 valence electrons. The average molecular weight is 261 g/mol. The van der Waals surface area contributed by atoms with Gasteiger partial charge in [-0.3, -0.25) is 15.0 Å². The van der Waals surface area contributed by atoms with Gasteiger partial charge in [-0.05, 0) is 31.2 Å². The number of nitrogens with zero attached hydrogens (tertiary/aromatic N) is 1. The summed E-state index contributed by atoms with van der Waals surface area (Å²) in [5, 5.41) is 0. The standard InChI is InChI=1S/C13H12FN3O2/c1-8-6-12(18)11(13(19)16-15)7-17(8)10-4-2-9(14)3-5-10/h2-7H,15H2,1H3,(H,16,19). The van der Waals surface area contributed by atoms with E-state index in [1.807, 2.05) is 5.43 Å². The number of halogens is 1. The molecule has 0 saturated heterocycles. The van der Waals surface area contributed by atoms with Gasteiger partial charge in [0.2, 0.25) is 0 Å². The summed E-state index contributed by atoms with van der Waals surface area (Å²) in [5.41, 5.74) is 2.70. The van der Waals surface area contributed by atoms with Crippen molar-refractivity contribution in [2.45, 2.75) is 6.92 Å². The number of benzene rings is 1. The Kier molecular flexibility index (Phi) is 3.43. The molecule has 1 aromatic heterocycles. The highest BCUT2D eigenvalue weighted by Gasteiger charge is 2.11. The molecule has 6 heteroatoms. The summed E-state index contributed by atoms with van der Waals surface area (Å²) in [7, 11) is 0. The summed E-state index contributed by atoms with van der Waals surface area (Å²) >= 11 is 0. The Hall–Kier alpha value is -2.47. The Balaban J connectivity index is 2.60. The molecule has 1 amide bonds. The SMILES string of the molecule is Cc1cc(=O)c(C(=O)NN)cn1-c1ccc(F)cc1. The van der Waals surface area contributed by atoms with Gasteiger partial charge >= 0.3 is 0 Å². The second kappa shape index (κ2) is 5.03. The van der Waals surface area contributed by atoms with Crippen LogP contribution >= 0.6 is 0 Å². The van der Waals surface area contributed by atoms with Gasteiger partial charge in [0.1, 0.15) is 11.4 Å². The number of carbonyl (C=O) groups is 1. The lowest BCUT2D eigenvalue weighted by Gasteiger charge is -2.12. The van der Waals surface area contributed by atoms with Gasteiger partial charge in [-0.2, -0.15) is 0 Å². The fraction of sp³-hybridized carbons (Fsp3) is 0.0769. The van der Waals surface area contributed by atoms with Crippen molar-refractivity contribution < 1.29 is 9.18 Å². The van der Waals surface area contributed by atoms with E-state index in [1.54, 1.807) is 23.6 Å². The first-order chi connectivity index (χ1) is 9.02. The van der Waals surface area contributed by atoms with Crippen LogP contribution in [0, 0.1) is 12.7 Å². The number of aryl methyl sites for hydroxylation is 1. The number of hydrogen-bond donors (Lipinski definition) is 2. The molecule has 0 aliphatic carbocycles. The predicted molar refractivity (Wildman–Crippen MR) is 68.4 cm³/mol. The molecule has 0 atom stereocenters. The number of nitrogens with two attached hydrogens (primary N) is 1. The summed E-state index contributed by atoms with van der Waals surface area (Å²) in [5.74, 6) is 4.00. The molecule has 0 radical (unpaired) electrons. The van der Waals surface area contributed by atoms with E-state index in [0.29, 0.717) is 11.4 Å². The van der Waals surface area contributed by atoms with E-state index in [1.165, 1.54) is 24.4 Å². The Bertz CT molecular complexity index is 677. The number of nitrogen functional groups attached to an aromatic ring is 1. The Morgan fingerprint density at radius 2 is 1.95 bits per heavy atom. The number of hydrazine groups is 1. The minimum Gasteiger partial charge on any atom is -0.320 e. The van der Waals surface area contributed by atoms with Crippen LogP contribution in [0.5, 0.6) is 0 Å². The largest absolute Gasteiger partial charge is 0.320 e. The maximum atomic E-state index is 12.9. The van der Waals surface area contributed by atoms with E-state index in [0.717, 1.165) is 0 Å². The van der Waals surface area contributed by atoms with E-state index in [2.05, 4.69) is 0 Å². The van der Waals surface area contributed by atoms with Gasteiger partial charge in [-0.15, -0.1) is 0 Å². The summed E-state index contributed by atoms with van der Waals surface area (Å²) in [6.07, 6.45) is 1.38. The average Bonchev–Trinajstić information content (AvgIpc) is 2.39. The zero-order chi connectivity index (χ0) is 14.0. The molecule has 0 fully saturated rings. The molecule has 1 aromatic carbocycles. The van der Waals surface area contributed by atoms with Crippen LogP contribution in [0.1, 0.15) is 16.1 Å². The first-order valence-electron chi connectivity index (χ1n) is 5.53. The molecular formula is C13H12FN3O2. The van der Waals surface area contributed by atoms with Crippen LogP contribution in [0.3, 0.4) is 0 Å². The van der Waals surface area contributed by atoms with Gasteiger partial charge in [0, 0.05) is 23.6 Å². The van der Waals surface area contributed by atoms with Crippen LogP contribution in [0.2, 0.25) is 0 Å². The number of rotatable bonds is 2. The minimum atomic E-state index is -0.666. The molecule has 1 heterocycles. The smallest absolute Gasteiger partial charge is 0.270 e. The van der Waals surface area contributed by atoms with Crippen molar-refractivity contribution in [3.63, 3.8) is 0 Å². The van der Waals surface area contributed by atoms with Crippen LogP contribution in [-0.4, -0.2) is 10.5 Å². The van der Waals surface area contributed by atoms with Crippen molar-refractivity contribution in [1.82, 2.24) is 9.99 Å². The highest BCUT2D eigenvalue weighted by atomic mass is 19.1. The summed E-state index contributed by atoms with van der Waals surface area (Å²) in [6.45, 7) is 1.72. The molecule has 5 nitrogen and oxygen atoms in total. The second-order valence-electron chi connectivity index (χ2n) is 4.01. The third kappa shape index (κ3) is 2.53. The number of amides is 1. The quantitative estimate of drug-likeness (QED) is 0.479. The van der Waals surface area contributed by atoms with Gasteiger partial charge in [-0.25, -0.2) is 10.2 Å². The highest BCUT2D eigenvalue weighted by Crippen LogP contribution is 2.12. The van der Waals surface area contributed by atoms with Crippen LogP contribution in [0.25, 0.3) is 5.69 Å². The second-order valence-corrected chi connectivity index (χ2v) is 4.01. The number of hydrogen-bond acceptors (Lipinski definition) is 3. The Morgan fingerprint density at radius 1 is 1.32 bits per heavy atom. The lowest BCUT2D eigenvalue weighted by molar-refractivity contribution is 0.0952. The van der Waals surface area contributed by atoms with Gasteiger partial charge in [-0.1, -0.05) is 0 Å². The zero-order valence-electron chi connectivity index (χ0n) is 10.2. The van der Waals surface area contributed by atoms with Crippen LogP contribution in [0.15, 0.2) is 41.3 Å². The lowest BCUT2D eigenvalue weighted by Crippen LogP contribution is -2.34. The fourth-order valence-electron chi connectivity index (χ4n) is 1.76. The van der Waals surface area contributed by atoms with E-state index < -0.39 is 11.3 Å². The molecule has 2 aromatic rings. The maximum absolute atomic E-state index is 12.9. The molecule has 0 unspecified atom stereocenters. The van der Waals surface area contributed by atoms with Crippen LogP contribution in [-0.2, 0) is 0 Å². The summed E-state index contributed by atoms with van der Waals surface area (Å²) in [6, 6.07) is 7.03. The first-order valence-corrected chi connectivity index (χ1v) is 5.53. The van der Waals surface area contributed by atoms with Crippen molar-refractivity contribution in [3.05, 3.63) is 63.8 Å². The maximum Gasteiger partial charge on any atom is 0.270 e. The van der Waals surface area contributed by atoms with Crippen molar-refractivity contribution in [3.8, 4) is 5.69 Å². The Morgan fingerprint density at radius 3 is 2.53 bits per heavy atom. The highest BCUT2D eigenvalue weighted by molar-refractivity contribution is 5.93. The third-order valence-corrected chi connectivity index (χ3v) is 2.72. The summed E-state index contributed by atoms with van der Waals surface area (Å²) in [4.78, 5) is 23.2. The summed E-state index contributed by atoms with van der Waals surface area (Å²) < 4.78 is 14.5. The van der Waals surface area contributed by atoms with E-state index in [-0.39, 0.29) is 11.4 Å². The fourth-order valence-corrected chi connectivity index (χ4v) is 1.76. The minimum absolute atomic E-state index is 0.0718. The molecular weight excluding hydrogens is 249 g/mol. The van der Waals surface area contributed by atoms with E-state index in [4.69, 9.17) is 5.84 Å². The van der Waals surface area contributed by atoms with E-state index in [9.17, 15) is 14.0 Å². The molecule has 0 bridgehead atoms. The van der Waals surface area contributed by atoms with Crippen molar-refractivity contribution >= 4 is 5.91 Å². The lowest BCUT2D eigenvalue weighted by atomic mass is 10.2. The van der Waals surface area contributed by atoms with Gasteiger partial charge in [0.15, 0.2) is 5.43 Å². The molecule has 0 aliphatic rings. The molecule has 0 saturated carbocycles. The van der Waals surface area contributed by atoms with Crippen molar-refractivity contribution in [2.24, 2.45) is 5.84 Å². The number of aromatic nitrogens is 1. The molecule has 3 N–H and O–H groups in total. The predicted octanol–water partition coefficient (Wildman–Crippen LogP) is 0.889. The monoisotopic (exact) mass is 261 g/mol. The van der Waals surface area contributed by atoms with Gasteiger partial charge in [0.25, 0.3) is 5.91 Å². The number of carbonyl (C=O) groups excluding carboxylic acids is 1. The van der Waals surface area contributed by atoms with Crippen LogP contribution < -0.4 is 16.7 Å². The zero-order valence-corrected chi connectivity index (χ0v) is 10.2. The van der Waals surface area contributed by atoms with Crippen molar-refractivity contribution in [2.75, 3.05) is 0 Å². The molecule has 2 rings (SSSR count). The topological polar surface area (TPSA) is 77.1 Å². The Labute approximate surface area is 108 Å². The molecule has 0 aliphatic heterocycles. The normalized spacial score (nSPS) is 10.3. The van der Waals surface area contributed by atoms with E-state index >= 15 is 0 Å². The third-order valence-electron chi connectivity index (χ3n) is 2.72. The van der Waals surface area contributed by atoms with Gasteiger partial charge in [0.05, 0.1) is 0 Å². The molecule has 0 spiro atoms. The number of nitrogens with one attached hydrogen (secondary N) is 1. The first kappa shape index (κ1) is 13.0. The van der Waals surface area contributed by atoms with Gasteiger partial charge < -0.3 is 4.57 Å².